The third-order valence-corrected chi connectivity index (χ3v) is 3.12. The van der Waals surface area contributed by atoms with Crippen molar-refractivity contribution in [3.05, 3.63) is 36.0 Å². The van der Waals surface area contributed by atoms with E-state index in [4.69, 9.17) is 16.3 Å². The van der Waals surface area contributed by atoms with Crippen molar-refractivity contribution in [2.45, 2.75) is 19.3 Å². The van der Waals surface area contributed by atoms with Gasteiger partial charge >= 0.3 is 0 Å². The third-order valence-electron chi connectivity index (χ3n) is 2.45. The zero-order valence-corrected chi connectivity index (χ0v) is 10.5. The highest BCUT2D eigenvalue weighted by molar-refractivity contribution is 6.18. The number of halogens is 1. The Balaban J connectivity index is 2.26. The van der Waals surface area contributed by atoms with E-state index in [-0.39, 0.29) is 5.41 Å². The predicted octanol–water partition coefficient (Wildman–Crippen LogP) is 3.11. The number of nitrogens with one attached hydrogen (secondary N) is 1. The summed E-state index contributed by atoms with van der Waals surface area (Å²) in [6.07, 6.45) is 0. The molecule has 0 unspecified atom stereocenters. The molecule has 0 aliphatic carbocycles. The second kappa shape index (κ2) is 4.75. The van der Waals surface area contributed by atoms with Gasteiger partial charge in [-0.1, -0.05) is 32.0 Å². The van der Waals surface area contributed by atoms with Crippen molar-refractivity contribution < 1.29 is 4.74 Å². The first-order valence-electron chi connectivity index (χ1n) is 5.33. The first-order valence-corrected chi connectivity index (χ1v) is 5.87. The lowest BCUT2D eigenvalue weighted by atomic mass is 9.92. The molecule has 17 heavy (non-hydrogen) atoms. The Labute approximate surface area is 105 Å². The molecular weight excluding hydrogens is 238 g/mol. The standard InChI is InChI=1S/C12H14ClN3O/c1-12(2,8-13)10-11(15-16-14-10)17-9-6-4-3-5-7-9/h3-7H,8H2,1-2H3,(H,14,15,16). The minimum absolute atomic E-state index is 0.279. The molecule has 0 aliphatic heterocycles. The quantitative estimate of drug-likeness (QED) is 0.850. The van der Waals surface area contributed by atoms with Crippen LogP contribution in [0.5, 0.6) is 11.6 Å². The number of aromatic amines is 1. The van der Waals surface area contributed by atoms with Crippen LogP contribution in [0.4, 0.5) is 0 Å². The summed E-state index contributed by atoms with van der Waals surface area (Å²) in [5.41, 5.74) is 0.454. The van der Waals surface area contributed by atoms with Crippen molar-refractivity contribution in [2.75, 3.05) is 5.88 Å². The molecule has 0 saturated heterocycles. The Bertz CT molecular complexity index is 482. The van der Waals surface area contributed by atoms with Crippen LogP contribution in [0.25, 0.3) is 0 Å². The summed E-state index contributed by atoms with van der Waals surface area (Å²) < 4.78 is 5.67. The number of H-pyrrole nitrogens is 1. The number of nitrogens with zero attached hydrogens (tertiary/aromatic N) is 2. The molecule has 0 aliphatic rings. The van der Waals surface area contributed by atoms with Gasteiger partial charge in [-0.05, 0) is 12.1 Å². The fourth-order valence-corrected chi connectivity index (χ4v) is 1.52. The van der Waals surface area contributed by atoms with E-state index in [2.05, 4.69) is 15.4 Å². The number of ether oxygens (including phenoxy) is 1. The van der Waals surface area contributed by atoms with E-state index >= 15 is 0 Å². The van der Waals surface area contributed by atoms with Gasteiger partial charge in [0, 0.05) is 11.3 Å². The maximum atomic E-state index is 5.92. The average molecular weight is 252 g/mol. The van der Waals surface area contributed by atoms with E-state index in [1.165, 1.54) is 0 Å². The fraction of sp³-hybridized carbons (Fsp3) is 0.333. The second-order valence-corrected chi connectivity index (χ2v) is 4.68. The summed E-state index contributed by atoms with van der Waals surface area (Å²) in [5.74, 6) is 1.65. The first-order chi connectivity index (χ1) is 8.13. The highest BCUT2D eigenvalue weighted by Gasteiger charge is 2.28. The second-order valence-electron chi connectivity index (χ2n) is 4.41. The molecule has 4 nitrogen and oxygen atoms in total. The van der Waals surface area contributed by atoms with E-state index in [1.54, 1.807) is 0 Å². The molecule has 1 aromatic heterocycles. The summed E-state index contributed by atoms with van der Waals surface area (Å²) >= 11 is 5.92. The molecule has 0 bridgehead atoms. The van der Waals surface area contributed by atoms with Crippen LogP contribution in [0.1, 0.15) is 19.5 Å². The number of benzene rings is 1. The lowest BCUT2D eigenvalue weighted by Crippen LogP contribution is -2.20. The molecule has 1 heterocycles. The smallest absolute Gasteiger partial charge is 0.262 e. The van der Waals surface area contributed by atoms with Crippen molar-refractivity contribution >= 4 is 11.6 Å². The van der Waals surface area contributed by atoms with Crippen molar-refractivity contribution in [3.63, 3.8) is 0 Å². The maximum Gasteiger partial charge on any atom is 0.262 e. The first kappa shape index (κ1) is 11.9. The van der Waals surface area contributed by atoms with Gasteiger partial charge in [-0.3, -0.25) is 0 Å². The maximum absolute atomic E-state index is 5.92. The number of hydrogen-bond donors (Lipinski definition) is 1. The molecular formula is C12H14ClN3O. The minimum Gasteiger partial charge on any atom is -0.436 e. The molecule has 5 heteroatoms. The van der Waals surface area contributed by atoms with E-state index in [9.17, 15) is 0 Å². The van der Waals surface area contributed by atoms with Crippen molar-refractivity contribution in [1.29, 1.82) is 0 Å². The summed E-state index contributed by atoms with van der Waals surface area (Å²) in [6, 6.07) is 9.47. The highest BCUT2D eigenvalue weighted by Crippen LogP contribution is 2.31. The average Bonchev–Trinajstić information content (AvgIpc) is 2.79. The lowest BCUT2D eigenvalue weighted by molar-refractivity contribution is 0.438. The predicted molar refractivity (Wildman–Crippen MR) is 66.6 cm³/mol. The zero-order valence-electron chi connectivity index (χ0n) is 9.77. The van der Waals surface area contributed by atoms with E-state index in [0.717, 1.165) is 11.4 Å². The summed E-state index contributed by atoms with van der Waals surface area (Å²) in [5, 5.41) is 10.7. The van der Waals surface area contributed by atoms with E-state index < -0.39 is 0 Å². The van der Waals surface area contributed by atoms with Crippen LogP contribution in [-0.4, -0.2) is 21.3 Å². The summed E-state index contributed by atoms with van der Waals surface area (Å²) in [4.78, 5) is 0. The van der Waals surface area contributed by atoms with Gasteiger partial charge in [-0.2, -0.15) is 10.3 Å². The largest absolute Gasteiger partial charge is 0.436 e. The topological polar surface area (TPSA) is 50.8 Å². The molecule has 2 rings (SSSR count). The van der Waals surface area contributed by atoms with Gasteiger partial charge < -0.3 is 4.74 Å². The monoisotopic (exact) mass is 251 g/mol. The van der Waals surface area contributed by atoms with Crippen LogP contribution in [0, 0.1) is 0 Å². The molecule has 0 spiro atoms. The van der Waals surface area contributed by atoms with Gasteiger partial charge in [0.05, 0.1) is 0 Å². The SMILES string of the molecule is CC(C)(CCl)c1n[nH]nc1Oc1ccccc1. The van der Waals surface area contributed by atoms with Gasteiger partial charge in [0.2, 0.25) is 0 Å². The van der Waals surface area contributed by atoms with Crippen LogP contribution in [0.15, 0.2) is 30.3 Å². The lowest BCUT2D eigenvalue weighted by Gasteiger charge is -2.18. The van der Waals surface area contributed by atoms with Crippen LogP contribution in [-0.2, 0) is 5.41 Å². The Morgan fingerprint density at radius 2 is 1.94 bits per heavy atom. The minimum atomic E-state index is -0.279. The van der Waals surface area contributed by atoms with Crippen molar-refractivity contribution in [2.24, 2.45) is 0 Å². The van der Waals surface area contributed by atoms with Crippen LogP contribution >= 0.6 is 11.6 Å². The Morgan fingerprint density at radius 1 is 1.24 bits per heavy atom. The molecule has 1 aromatic carbocycles. The molecule has 0 atom stereocenters. The van der Waals surface area contributed by atoms with E-state index in [0.29, 0.717) is 11.8 Å². The number of aromatic nitrogens is 3. The number of para-hydroxylation sites is 1. The van der Waals surface area contributed by atoms with Gasteiger partial charge in [-0.25, -0.2) is 0 Å². The highest BCUT2D eigenvalue weighted by atomic mass is 35.5. The summed E-state index contributed by atoms with van der Waals surface area (Å²) in [6.45, 7) is 3.99. The Kier molecular flexibility index (Phi) is 3.33. The van der Waals surface area contributed by atoms with Crippen LogP contribution in [0.3, 0.4) is 0 Å². The molecule has 2 aromatic rings. The molecule has 0 saturated carbocycles. The summed E-state index contributed by atoms with van der Waals surface area (Å²) in [7, 11) is 0. The molecule has 0 radical (unpaired) electrons. The number of hydrogen-bond acceptors (Lipinski definition) is 3. The fourth-order valence-electron chi connectivity index (χ4n) is 1.40. The zero-order chi connectivity index (χ0) is 12.3. The molecule has 0 fully saturated rings. The third kappa shape index (κ3) is 2.58. The van der Waals surface area contributed by atoms with Crippen LogP contribution in [0.2, 0.25) is 0 Å². The van der Waals surface area contributed by atoms with Gasteiger partial charge in [0.1, 0.15) is 11.4 Å². The van der Waals surface area contributed by atoms with Gasteiger partial charge in [-0.15, -0.1) is 16.7 Å². The Hall–Kier alpha value is -1.55. The molecule has 1 N–H and O–H groups in total. The number of rotatable bonds is 4. The van der Waals surface area contributed by atoms with Crippen molar-refractivity contribution in [3.8, 4) is 11.6 Å². The number of alkyl halides is 1. The normalized spacial score (nSPS) is 11.5. The van der Waals surface area contributed by atoms with Crippen LogP contribution < -0.4 is 4.74 Å². The Morgan fingerprint density at radius 3 is 2.59 bits per heavy atom. The molecule has 0 amide bonds. The van der Waals surface area contributed by atoms with Crippen molar-refractivity contribution in [1.82, 2.24) is 15.4 Å². The van der Waals surface area contributed by atoms with Gasteiger partial charge in [0.25, 0.3) is 5.88 Å². The molecule has 90 valence electrons. The van der Waals surface area contributed by atoms with Gasteiger partial charge in [0.15, 0.2) is 0 Å². The van der Waals surface area contributed by atoms with E-state index in [1.807, 2.05) is 44.2 Å².